The second kappa shape index (κ2) is 10.5. The van der Waals surface area contributed by atoms with Crippen LogP contribution in [-0.2, 0) is 27.4 Å². The summed E-state index contributed by atoms with van der Waals surface area (Å²) in [7, 11) is -4.08. The molecule has 0 bridgehead atoms. The smallest absolute Gasteiger partial charge is 0.324 e. The molecule has 5 nitrogen and oxygen atoms in total. The zero-order chi connectivity index (χ0) is 24.1. The molecule has 1 N–H and O–H groups in total. The molecule has 0 aromatic heterocycles. The number of hydrogen-bond acceptors (Lipinski definition) is 3. The third-order valence-corrected chi connectivity index (χ3v) is 7.16. The molecule has 0 aliphatic rings. The van der Waals surface area contributed by atoms with Gasteiger partial charge in [-0.3, -0.25) is 4.79 Å². The van der Waals surface area contributed by atoms with E-state index < -0.39 is 39.9 Å². The van der Waals surface area contributed by atoms with Gasteiger partial charge in [0.05, 0.1) is 22.7 Å². The van der Waals surface area contributed by atoms with Crippen LogP contribution >= 0.6 is 15.9 Å². The van der Waals surface area contributed by atoms with Crippen molar-refractivity contribution in [2.75, 3.05) is 18.4 Å². The number of benzene rings is 3. The first-order valence-corrected chi connectivity index (χ1v) is 12.1. The van der Waals surface area contributed by atoms with Gasteiger partial charge in [-0.1, -0.05) is 58.4 Å². The first-order chi connectivity index (χ1) is 15.6. The Bertz CT molecular complexity index is 1200. The summed E-state index contributed by atoms with van der Waals surface area (Å²) in [5, 5.41) is 2.21. The molecular formula is C23H20BrF3N2O3S. The van der Waals surface area contributed by atoms with Gasteiger partial charge in [-0.2, -0.15) is 17.5 Å². The molecule has 10 heteroatoms. The van der Waals surface area contributed by atoms with Gasteiger partial charge >= 0.3 is 6.18 Å². The van der Waals surface area contributed by atoms with E-state index in [4.69, 9.17) is 0 Å². The Hall–Kier alpha value is -2.69. The van der Waals surface area contributed by atoms with Gasteiger partial charge in [0.15, 0.2) is 0 Å². The molecule has 33 heavy (non-hydrogen) atoms. The van der Waals surface area contributed by atoms with Gasteiger partial charge in [0.2, 0.25) is 15.9 Å². The SMILES string of the molecule is O=C(CN(CCc1ccccc1)S(=O)(=O)c1ccc(Br)cc1)Nc1ccccc1C(F)(F)F. The minimum Gasteiger partial charge on any atom is -0.324 e. The number of anilines is 1. The number of alkyl halides is 3. The zero-order valence-electron chi connectivity index (χ0n) is 17.2. The van der Waals surface area contributed by atoms with Gasteiger partial charge < -0.3 is 5.32 Å². The van der Waals surface area contributed by atoms with Crippen molar-refractivity contribution in [3.8, 4) is 0 Å². The molecule has 0 aliphatic heterocycles. The van der Waals surface area contributed by atoms with Gasteiger partial charge in [-0.15, -0.1) is 0 Å². The van der Waals surface area contributed by atoms with E-state index in [1.807, 2.05) is 30.3 Å². The molecule has 0 saturated carbocycles. The molecule has 1 amide bonds. The van der Waals surface area contributed by atoms with Crippen molar-refractivity contribution < 1.29 is 26.4 Å². The molecule has 0 fully saturated rings. The number of sulfonamides is 1. The quantitative estimate of drug-likeness (QED) is 0.419. The molecule has 0 atom stereocenters. The van der Waals surface area contributed by atoms with E-state index in [-0.39, 0.29) is 11.4 Å². The van der Waals surface area contributed by atoms with Crippen LogP contribution in [0.15, 0.2) is 88.2 Å². The number of amides is 1. The van der Waals surface area contributed by atoms with Crippen molar-refractivity contribution in [2.24, 2.45) is 0 Å². The third kappa shape index (κ3) is 6.66. The van der Waals surface area contributed by atoms with Crippen LogP contribution in [-0.4, -0.2) is 31.7 Å². The van der Waals surface area contributed by atoms with Crippen LogP contribution in [0.5, 0.6) is 0 Å². The summed E-state index contributed by atoms with van der Waals surface area (Å²) in [4.78, 5) is 12.6. The first kappa shape index (κ1) is 24.9. The van der Waals surface area contributed by atoms with E-state index in [0.29, 0.717) is 10.9 Å². The molecule has 3 rings (SSSR count). The number of carbonyl (C=O) groups is 1. The lowest BCUT2D eigenvalue weighted by Crippen LogP contribution is -2.39. The summed E-state index contributed by atoms with van der Waals surface area (Å²) in [6, 6.07) is 19.5. The number of rotatable bonds is 8. The van der Waals surface area contributed by atoms with Crippen molar-refractivity contribution in [3.05, 3.63) is 94.5 Å². The minimum absolute atomic E-state index is 0.0257. The predicted octanol–water partition coefficient (Wildman–Crippen LogP) is 5.34. The van der Waals surface area contributed by atoms with E-state index in [1.54, 1.807) is 12.1 Å². The first-order valence-electron chi connectivity index (χ1n) is 9.83. The number of nitrogens with one attached hydrogen (secondary N) is 1. The lowest BCUT2D eigenvalue weighted by Gasteiger charge is -2.22. The largest absolute Gasteiger partial charge is 0.418 e. The highest BCUT2D eigenvalue weighted by Gasteiger charge is 2.34. The molecule has 0 radical (unpaired) electrons. The van der Waals surface area contributed by atoms with E-state index in [2.05, 4.69) is 21.2 Å². The summed E-state index contributed by atoms with van der Waals surface area (Å²) in [6.07, 6.45) is -4.34. The fraction of sp³-hybridized carbons (Fsp3) is 0.174. The summed E-state index contributed by atoms with van der Waals surface area (Å²) in [5.41, 5.74) is -0.583. The Balaban J connectivity index is 1.85. The average Bonchev–Trinajstić information content (AvgIpc) is 2.77. The number of hydrogen-bond donors (Lipinski definition) is 1. The molecule has 174 valence electrons. The predicted molar refractivity (Wildman–Crippen MR) is 123 cm³/mol. The Kier molecular flexibility index (Phi) is 7.93. The Morgan fingerprint density at radius 1 is 0.909 bits per heavy atom. The average molecular weight is 541 g/mol. The molecular weight excluding hydrogens is 521 g/mol. The fourth-order valence-corrected chi connectivity index (χ4v) is 4.79. The van der Waals surface area contributed by atoms with Crippen LogP contribution in [0.2, 0.25) is 0 Å². The number of para-hydroxylation sites is 1. The fourth-order valence-electron chi connectivity index (χ4n) is 3.13. The maximum Gasteiger partial charge on any atom is 0.418 e. The normalized spacial score (nSPS) is 12.0. The van der Waals surface area contributed by atoms with Crippen LogP contribution < -0.4 is 5.32 Å². The highest BCUT2D eigenvalue weighted by Crippen LogP contribution is 2.34. The lowest BCUT2D eigenvalue weighted by molar-refractivity contribution is -0.137. The van der Waals surface area contributed by atoms with Gasteiger partial charge in [0.1, 0.15) is 0 Å². The standard InChI is InChI=1S/C23H20BrF3N2O3S/c24-18-10-12-19(13-11-18)33(31,32)29(15-14-17-6-2-1-3-7-17)16-22(30)28-21-9-5-4-8-20(21)23(25,26)27/h1-13H,14-16H2,(H,28,30). The second-order valence-corrected chi connectivity index (χ2v) is 9.97. The maximum absolute atomic E-state index is 13.3. The number of nitrogens with zero attached hydrogens (tertiary/aromatic N) is 1. The van der Waals surface area contributed by atoms with Crippen molar-refractivity contribution in [1.29, 1.82) is 0 Å². The van der Waals surface area contributed by atoms with Crippen molar-refractivity contribution >= 4 is 37.5 Å². The van der Waals surface area contributed by atoms with Crippen molar-refractivity contribution in [1.82, 2.24) is 4.31 Å². The highest BCUT2D eigenvalue weighted by atomic mass is 79.9. The zero-order valence-corrected chi connectivity index (χ0v) is 19.6. The van der Waals surface area contributed by atoms with Crippen LogP contribution in [0.25, 0.3) is 0 Å². The van der Waals surface area contributed by atoms with Gasteiger partial charge in [-0.05, 0) is 48.4 Å². The van der Waals surface area contributed by atoms with E-state index in [9.17, 15) is 26.4 Å². The topological polar surface area (TPSA) is 66.5 Å². The van der Waals surface area contributed by atoms with Crippen LogP contribution in [0, 0.1) is 0 Å². The lowest BCUT2D eigenvalue weighted by atomic mass is 10.1. The Morgan fingerprint density at radius 3 is 2.15 bits per heavy atom. The van der Waals surface area contributed by atoms with Crippen molar-refractivity contribution in [3.63, 3.8) is 0 Å². The molecule has 0 saturated heterocycles. The molecule has 0 unspecified atom stereocenters. The summed E-state index contributed by atoms with van der Waals surface area (Å²) < 4.78 is 67.9. The Labute approximate surface area is 198 Å². The van der Waals surface area contributed by atoms with Gasteiger partial charge in [0.25, 0.3) is 0 Å². The monoisotopic (exact) mass is 540 g/mol. The van der Waals surface area contributed by atoms with Gasteiger partial charge in [-0.25, -0.2) is 8.42 Å². The van der Waals surface area contributed by atoms with Gasteiger partial charge in [0, 0.05) is 11.0 Å². The second-order valence-electron chi connectivity index (χ2n) is 7.12. The molecule has 3 aromatic carbocycles. The molecule has 0 aliphatic carbocycles. The molecule has 0 spiro atoms. The molecule has 3 aromatic rings. The van der Waals surface area contributed by atoms with Crippen LogP contribution in [0.1, 0.15) is 11.1 Å². The maximum atomic E-state index is 13.3. The number of halogens is 4. The van der Waals surface area contributed by atoms with E-state index in [0.717, 1.165) is 22.0 Å². The summed E-state index contributed by atoms with van der Waals surface area (Å²) >= 11 is 3.25. The van der Waals surface area contributed by atoms with Crippen LogP contribution in [0.4, 0.5) is 18.9 Å². The van der Waals surface area contributed by atoms with E-state index in [1.165, 1.54) is 24.3 Å². The highest BCUT2D eigenvalue weighted by molar-refractivity contribution is 9.10. The van der Waals surface area contributed by atoms with E-state index >= 15 is 0 Å². The Morgan fingerprint density at radius 2 is 1.52 bits per heavy atom. The van der Waals surface area contributed by atoms with Crippen molar-refractivity contribution in [2.45, 2.75) is 17.5 Å². The third-order valence-electron chi connectivity index (χ3n) is 4.77. The summed E-state index contributed by atoms with van der Waals surface area (Å²) in [6.45, 7) is -0.672. The van der Waals surface area contributed by atoms with Crippen LogP contribution in [0.3, 0.4) is 0 Å². The molecule has 0 heterocycles. The minimum atomic E-state index is -4.67. The summed E-state index contributed by atoms with van der Waals surface area (Å²) in [5.74, 6) is -0.875. The number of carbonyl (C=O) groups excluding carboxylic acids is 1.